The molecule has 0 fully saturated rings. The lowest BCUT2D eigenvalue weighted by Crippen LogP contribution is -2.14. The van der Waals surface area contributed by atoms with Gasteiger partial charge in [-0.3, -0.25) is 4.40 Å². The molecular weight excluding hydrogens is 510 g/mol. The van der Waals surface area contributed by atoms with Crippen molar-refractivity contribution in [1.29, 1.82) is 0 Å². The Kier molecular flexibility index (Phi) is 4.92. The number of para-hydroxylation sites is 1. The van der Waals surface area contributed by atoms with E-state index in [0.717, 1.165) is 28.1 Å². The van der Waals surface area contributed by atoms with Crippen LogP contribution in [0.25, 0.3) is 49.6 Å². The summed E-state index contributed by atoms with van der Waals surface area (Å²) in [4.78, 5) is 4.89. The van der Waals surface area contributed by atoms with Gasteiger partial charge < -0.3 is 5.32 Å². The zero-order chi connectivity index (χ0) is 27.0. The number of halogens is 1. The van der Waals surface area contributed by atoms with Gasteiger partial charge in [0.2, 0.25) is 0 Å². The molecule has 40 heavy (non-hydrogen) atoms. The first-order chi connectivity index (χ1) is 19.5. The summed E-state index contributed by atoms with van der Waals surface area (Å²) in [5.74, 6) is 0.876. The van der Waals surface area contributed by atoms with Crippen LogP contribution in [0.3, 0.4) is 0 Å². The van der Waals surface area contributed by atoms with Crippen molar-refractivity contribution < 1.29 is 0 Å². The van der Waals surface area contributed by atoms with E-state index >= 15 is 0 Å². The smallest absolute Gasteiger partial charge is 0.146 e. The summed E-state index contributed by atoms with van der Waals surface area (Å²) in [6.45, 7) is 4.67. The standard InChI is InChI=1S/C36H26ClN3/c1-36(2)27-16-6-5-13-26(27)33-22(14-9-17-28(33)36)23-15-10-20-31-34(23)24-11-3-4-12-25(24)35-38-21-32(40(31)35)39-30-19-8-7-18-29(30)37/h3-21,39H,1-2H3. The van der Waals surface area contributed by atoms with Gasteiger partial charge in [-0.2, -0.15) is 0 Å². The molecule has 1 N–H and O–H groups in total. The highest BCUT2D eigenvalue weighted by molar-refractivity contribution is 6.33. The van der Waals surface area contributed by atoms with Gasteiger partial charge in [0.25, 0.3) is 0 Å². The summed E-state index contributed by atoms with van der Waals surface area (Å²) < 4.78 is 2.23. The molecule has 0 radical (unpaired) electrons. The summed E-state index contributed by atoms with van der Waals surface area (Å²) in [6.07, 6.45) is 1.90. The average Bonchev–Trinajstić information content (AvgIpc) is 3.51. The lowest BCUT2D eigenvalue weighted by atomic mass is 9.82. The molecule has 5 aromatic carbocycles. The van der Waals surface area contributed by atoms with Crippen molar-refractivity contribution >= 4 is 50.4 Å². The largest absolute Gasteiger partial charge is 0.339 e. The Labute approximate surface area is 237 Å². The fourth-order valence-electron chi connectivity index (χ4n) is 6.68. The molecule has 0 unspecified atom stereocenters. The number of benzene rings is 5. The molecule has 3 nitrogen and oxygen atoms in total. The molecule has 1 aliphatic carbocycles. The van der Waals surface area contributed by atoms with E-state index in [1.165, 1.54) is 44.2 Å². The molecular formula is C36H26ClN3. The Balaban J connectivity index is 1.48. The summed E-state index contributed by atoms with van der Waals surface area (Å²) in [6, 6.07) is 38.7. The number of aromatic nitrogens is 2. The lowest BCUT2D eigenvalue weighted by Gasteiger charge is -2.22. The molecule has 2 aromatic heterocycles. The molecule has 2 heterocycles. The molecule has 7 aromatic rings. The minimum atomic E-state index is -0.0573. The van der Waals surface area contributed by atoms with Gasteiger partial charge >= 0.3 is 0 Å². The van der Waals surface area contributed by atoms with Gasteiger partial charge in [0, 0.05) is 16.2 Å². The molecule has 4 heteroatoms. The van der Waals surface area contributed by atoms with E-state index in [4.69, 9.17) is 16.6 Å². The summed E-state index contributed by atoms with van der Waals surface area (Å²) in [5.41, 5.74) is 10.7. The van der Waals surface area contributed by atoms with Gasteiger partial charge in [0.1, 0.15) is 11.5 Å². The van der Waals surface area contributed by atoms with E-state index in [2.05, 4.69) is 108 Å². The second kappa shape index (κ2) is 8.45. The number of hydrogen-bond acceptors (Lipinski definition) is 2. The Morgan fingerprint density at radius 2 is 1.35 bits per heavy atom. The fraction of sp³-hybridized carbons (Fsp3) is 0.0833. The molecule has 0 spiro atoms. The molecule has 0 saturated heterocycles. The van der Waals surface area contributed by atoms with Gasteiger partial charge in [-0.05, 0) is 57.0 Å². The fourth-order valence-corrected chi connectivity index (χ4v) is 6.87. The number of pyridine rings is 1. The highest BCUT2D eigenvalue weighted by atomic mass is 35.5. The number of nitrogens with one attached hydrogen (secondary N) is 1. The van der Waals surface area contributed by atoms with Gasteiger partial charge in [-0.15, -0.1) is 0 Å². The van der Waals surface area contributed by atoms with Crippen LogP contribution >= 0.6 is 11.6 Å². The molecule has 0 amide bonds. The maximum Gasteiger partial charge on any atom is 0.146 e. The Morgan fingerprint density at radius 1 is 0.675 bits per heavy atom. The molecule has 0 bridgehead atoms. The molecule has 8 rings (SSSR count). The Hall–Kier alpha value is -4.60. The van der Waals surface area contributed by atoms with Gasteiger partial charge in [-0.25, -0.2) is 4.98 Å². The number of rotatable bonds is 3. The highest BCUT2D eigenvalue weighted by Crippen LogP contribution is 2.53. The van der Waals surface area contributed by atoms with Crippen LogP contribution < -0.4 is 5.32 Å². The quantitative estimate of drug-likeness (QED) is 0.228. The van der Waals surface area contributed by atoms with Gasteiger partial charge in [0.05, 0.1) is 22.4 Å². The normalized spacial score (nSPS) is 13.6. The summed E-state index contributed by atoms with van der Waals surface area (Å²) in [7, 11) is 0. The van der Waals surface area contributed by atoms with Crippen molar-refractivity contribution in [2.75, 3.05) is 5.32 Å². The first-order valence-corrected chi connectivity index (χ1v) is 14.0. The van der Waals surface area contributed by atoms with Crippen LogP contribution in [0.2, 0.25) is 5.02 Å². The molecule has 1 aliphatic rings. The minimum Gasteiger partial charge on any atom is -0.339 e. The molecule has 0 aliphatic heterocycles. The first kappa shape index (κ1) is 23.3. The van der Waals surface area contributed by atoms with E-state index < -0.39 is 0 Å². The monoisotopic (exact) mass is 535 g/mol. The zero-order valence-corrected chi connectivity index (χ0v) is 23.0. The third-order valence-corrected chi connectivity index (χ3v) is 8.85. The molecule has 0 atom stereocenters. The van der Waals surface area contributed by atoms with Crippen molar-refractivity contribution in [2.24, 2.45) is 0 Å². The van der Waals surface area contributed by atoms with Crippen LogP contribution in [-0.2, 0) is 5.41 Å². The van der Waals surface area contributed by atoms with E-state index in [1.807, 2.05) is 30.5 Å². The van der Waals surface area contributed by atoms with E-state index in [0.29, 0.717) is 5.02 Å². The molecule has 0 saturated carbocycles. The van der Waals surface area contributed by atoms with Crippen molar-refractivity contribution in [2.45, 2.75) is 19.3 Å². The number of imidazole rings is 1. The van der Waals surface area contributed by atoms with Crippen molar-refractivity contribution in [1.82, 2.24) is 9.38 Å². The number of nitrogens with zero attached hydrogens (tertiary/aromatic N) is 2. The Morgan fingerprint density at radius 3 is 2.23 bits per heavy atom. The van der Waals surface area contributed by atoms with Crippen LogP contribution in [0.4, 0.5) is 11.5 Å². The number of anilines is 2. The van der Waals surface area contributed by atoms with Crippen LogP contribution in [0, 0.1) is 0 Å². The lowest BCUT2D eigenvalue weighted by molar-refractivity contribution is 0.660. The predicted molar refractivity (Wildman–Crippen MR) is 168 cm³/mol. The van der Waals surface area contributed by atoms with E-state index in [1.54, 1.807) is 0 Å². The highest BCUT2D eigenvalue weighted by Gasteiger charge is 2.36. The first-order valence-electron chi connectivity index (χ1n) is 13.6. The Bertz CT molecular complexity index is 2140. The third-order valence-electron chi connectivity index (χ3n) is 8.52. The summed E-state index contributed by atoms with van der Waals surface area (Å²) >= 11 is 6.54. The predicted octanol–water partition coefficient (Wildman–Crippen LogP) is 10.0. The van der Waals surface area contributed by atoms with E-state index in [-0.39, 0.29) is 5.41 Å². The average molecular weight is 536 g/mol. The summed E-state index contributed by atoms with van der Waals surface area (Å²) in [5, 5.41) is 7.73. The van der Waals surface area contributed by atoms with Gasteiger partial charge in [0.15, 0.2) is 0 Å². The second-order valence-electron chi connectivity index (χ2n) is 11.1. The van der Waals surface area contributed by atoms with Crippen molar-refractivity contribution in [3.05, 3.63) is 132 Å². The number of hydrogen-bond donors (Lipinski definition) is 1. The SMILES string of the molecule is CC1(C)c2ccccc2-c2c(-c3cccc4c3c3ccccc3c3ncc(Nc5ccccc5Cl)n43)cccc21. The second-order valence-corrected chi connectivity index (χ2v) is 11.5. The minimum absolute atomic E-state index is 0.0573. The molecule has 192 valence electrons. The van der Waals surface area contributed by atoms with Crippen LogP contribution in [0.5, 0.6) is 0 Å². The third kappa shape index (κ3) is 3.16. The van der Waals surface area contributed by atoms with Crippen LogP contribution in [-0.4, -0.2) is 9.38 Å². The maximum absolute atomic E-state index is 6.54. The zero-order valence-electron chi connectivity index (χ0n) is 22.2. The maximum atomic E-state index is 6.54. The van der Waals surface area contributed by atoms with Crippen molar-refractivity contribution in [3.63, 3.8) is 0 Å². The van der Waals surface area contributed by atoms with Crippen LogP contribution in [0.15, 0.2) is 115 Å². The van der Waals surface area contributed by atoms with Gasteiger partial charge in [-0.1, -0.05) is 116 Å². The topological polar surface area (TPSA) is 29.3 Å². The van der Waals surface area contributed by atoms with Crippen molar-refractivity contribution in [3.8, 4) is 22.3 Å². The van der Waals surface area contributed by atoms with E-state index in [9.17, 15) is 0 Å². The van der Waals surface area contributed by atoms with Crippen LogP contribution in [0.1, 0.15) is 25.0 Å². The number of fused-ring (bicyclic) bond motifs is 9.